The van der Waals surface area contributed by atoms with Crippen molar-refractivity contribution >= 4 is 35.0 Å². The molecule has 0 aromatic heterocycles. The maximum Gasteiger partial charge on any atom is 0.255 e. The van der Waals surface area contributed by atoms with Crippen molar-refractivity contribution in [3.05, 3.63) is 69.2 Å². The van der Waals surface area contributed by atoms with Crippen molar-refractivity contribution in [2.45, 2.75) is 6.54 Å². The molecule has 2 aliphatic heterocycles. The Kier molecular flexibility index (Phi) is 7.13. The standard InChI is InChI=1S/C23H25Cl2N3O3/c24-20-6-2-5-19(21(20)25)23(30)28-9-7-27(8-10-28)22(29)18-4-1-3-17(15-18)16-26-11-13-31-14-12-26/h1-6,15H,7-14,16H2. The summed E-state index contributed by atoms with van der Waals surface area (Å²) in [5.41, 5.74) is 2.20. The molecular weight excluding hydrogens is 437 g/mol. The summed E-state index contributed by atoms with van der Waals surface area (Å²) in [6, 6.07) is 12.9. The first-order valence-electron chi connectivity index (χ1n) is 10.4. The third kappa shape index (κ3) is 5.21. The number of carbonyl (C=O) groups excluding carboxylic acids is 2. The highest BCUT2D eigenvalue weighted by Gasteiger charge is 2.27. The molecule has 0 aliphatic carbocycles. The number of carbonyl (C=O) groups is 2. The lowest BCUT2D eigenvalue weighted by Gasteiger charge is -2.35. The summed E-state index contributed by atoms with van der Waals surface area (Å²) in [6.45, 7) is 6.02. The third-order valence-corrected chi connectivity index (χ3v) is 6.54. The first-order chi connectivity index (χ1) is 15.0. The van der Waals surface area contributed by atoms with Crippen molar-refractivity contribution in [1.82, 2.24) is 14.7 Å². The largest absolute Gasteiger partial charge is 0.379 e. The van der Waals surface area contributed by atoms with Crippen LogP contribution in [0.15, 0.2) is 42.5 Å². The zero-order chi connectivity index (χ0) is 21.8. The molecule has 2 aromatic carbocycles. The summed E-state index contributed by atoms with van der Waals surface area (Å²) < 4.78 is 5.40. The SMILES string of the molecule is O=C(c1cccc(CN2CCOCC2)c1)N1CCN(C(=O)c2cccc(Cl)c2Cl)CC1. The van der Waals surface area contributed by atoms with Crippen LogP contribution in [0.25, 0.3) is 0 Å². The molecule has 31 heavy (non-hydrogen) atoms. The fourth-order valence-electron chi connectivity index (χ4n) is 3.95. The van der Waals surface area contributed by atoms with Crippen molar-refractivity contribution < 1.29 is 14.3 Å². The highest BCUT2D eigenvalue weighted by Crippen LogP contribution is 2.27. The minimum atomic E-state index is -0.160. The van der Waals surface area contributed by atoms with E-state index in [0.29, 0.717) is 42.3 Å². The van der Waals surface area contributed by atoms with Crippen LogP contribution >= 0.6 is 23.2 Å². The van der Waals surface area contributed by atoms with Crippen molar-refractivity contribution in [3.8, 4) is 0 Å². The van der Waals surface area contributed by atoms with Gasteiger partial charge in [-0.2, -0.15) is 0 Å². The molecule has 0 bridgehead atoms. The molecule has 0 saturated carbocycles. The zero-order valence-electron chi connectivity index (χ0n) is 17.2. The van der Waals surface area contributed by atoms with Gasteiger partial charge in [-0.25, -0.2) is 0 Å². The Balaban J connectivity index is 1.36. The van der Waals surface area contributed by atoms with E-state index in [1.165, 1.54) is 0 Å². The second-order valence-corrected chi connectivity index (χ2v) is 8.56. The quantitative estimate of drug-likeness (QED) is 0.699. The van der Waals surface area contributed by atoms with Gasteiger partial charge in [0, 0.05) is 51.4 Å². The van der Waals surface area contributed by atoms with Crippen molar-refractivity contribution in [1.29, 1.82) is 0 Å². The predicted molar refractivity (Wildman–Crippen MR) is 121 cm³/mol. The number of halogens is 2. The van der Waals surface area contributed by atoms with E-state index in [0.717, 1.165) is 38.4 Å². The minimum absolute atomic E-state index is 0.00304. The predicted octanol–water partition coefficient (Wildman–Crippen LogP) is 3.42. The summed E-state index contributed by atoms with van der Waals surface area (Å²) >= 11 is 12.2. The summed E-state index contributed by atoms with van der Waals surface area (Å²) in [7, 11) is 0. The third-order valence-electron chi connectivity index (χ3n) is 5.72. The average Bonchev–Trinajstić information content (AvgIpc) is 2.81. The van der Waals surface area contributed by atoms with E-state index in [-0.39, 0.29) is 16.8 Å². The Morgan fingerprint density at radius 3 is 2.19 bits per heavy atom. The van der Waals surface area contributed by atoms with Gasteiger partial charge in [-0.1, -0.05) is 41.4 Å². The van der Waals surface area contributed by atoms with Gasteiger partial charge in [0.05, 0.1) is 28.8 Å². The number of rotatable bonds is 4. The zero-order valence-corrected chi connectivity index (χ0v) is 18.7. The molecular formula is C23H25Cl2N3O3. The van der Waals surface area contributed by atoms with Crippen molar-refractivity contribution in [3.63, 3.8) is 0 Å². The normalized spacial score (nSPS) is 17.6. The van der Waals surface area contributed by atoms with E-state index in [2.05, 4.69) is 11.0 Å². The minimum Gasteiger partial charge on any atom is -0.379 e. The summed E-state index contributed by atoms with van der Waals surface area (Å²) in [4.78, 5) is 31.7. The lowest BCUT2D eigenvalue weighted by atomic mass is 10.1. The number of benzene rings is 2. The van der Waals surface area contributed by atoms with Crippen LogP contribution in [0, 0.1) is 0 Å². The van der Waals surface area contributed by atoms with Crippen LogP contribution in [-0.4, -0.2) is 79.0 Å². The molecule has 164 valence electrons. The molecule has 0 radical (unpaired) electrons. The molecule has 0 atom stereocenters. The van der Waals surface area contributed by atoms with E-state index in [4.69, 9.17) is 27.9 Å². The molecule has 2 saturated heterocycles. The number of nitrogens with zero attached hydrogens (tertiary/aromatic N) is 3. The molecule has 2 heterocycles. The van der Waals surface area contributed by atoms with Crippen LogP contribution < -0.4 is 0 Å². The van der Waals surface area contributed by atoms with Gasteiger partial charge in [0.25, 0.3) is 11.8 Å². The Hall–Kier alpha value is -2.12. The van der Waals surface area contributed by atoms with Gasteiger partial charge in [-0.05, 0) is 29.8 Å². The van der Waals surface area contributed by atoms with Crippen LogP contribution in [0.5, 0.6) is 0 Å². The first kappa shape index (κ1) is 22.1. The van der Waals surface area contributed by atoms with Crippen LogP contribution in [0.1, 0.15) is 26.3 Å². The van der Waals surface area contributed by atoms with Gasteiger partial charge in [0.1, 0.15) is 0 Å². The van der Waals surface area contributed by atoms with Gasteiger partial charge in [0.15, 0.2) is 0 Å². The van der Waals surface area contributed by atoms with Crippen LogP contribution in [0.4, 0.5) is 0 Å². The van der Waals surface area contributed by atoms with Gasteiger partial charge in [-0.3, -0.25) is 14.5 Å². The Bertz CT molecular complexity index is 955. The Morgan fingerprint density at radius 1 is 0.839 bits per heavy atom. The maximum atomic E-state index is 13.0. The number of piperazine rings is 1. The topological polar surface area (TPSA) is 53.1 Å². The fourth-order valence-corrected chi connectivity index (χ4v) is 4.34. The number of ether oxygens (including phenoxy) is 1. The first-order valence-corrected chi connectivity index (χ1v) is 11.2. The van der Waals surface area contributed by atoms with Gasteiger partial charge < -0.3 is 14.5 Å². The second kappa shape index (κ2) is 10.0. The highest BCUT2D eigenvalue weighted by molar-refractivity contribution is 6.43. The van der Waals surface area contributed by atoms with Gasteiger partial charge in [0.2, 0.25) is 0 Å². The monoisotopic (exact) mass is 461 g/mol. The van der Waals surface area contributed by atoms with E-state index in [9.17, 15) is 9.59 Å². The maximum absolute atomic E-state index is 13.0. The fraction of sp³-hybridized carbons (Fsp3) is 0.391. The summed E-state index contributed by atoms with van der Waals surface area (Å²) in [6.07, 6.45) is 0. The van der Waals surface area contributed by atoms with Gasteiger partial charge in [-0.15, -0.1) is 0 Å². The van der Waals surface area contributed by atoms with Crippen LogP contribution in [0.3, 0.4) is 0 Å². The molecule has 2 fully saturated rings. The molecule has 0 N–H and O–H groups in total. The molecule has 8 heteroatoms. The average molecular weight is 462 g/mol. The van der Waals surface area contributed by atoms with Crippen molar-refractivity contribution in [2.24, 2.45) is 0 Å². The summed E-state index contributed by atoms with van der Waals surface area (Å²) in [5, 5.41) is 0.628. The van der Waals surface area contributed by atoms with Gasteiger partial charge >= 0.3 is 0 Å². The molecule has 0 unspecified atom stereocenters. The molecule has 4 rings (SSSR count). The molecule has 6 nitrogen and oxygen atoms in total. The number of hydrogen-bond donors (Lipinski definition) is 0. The molecule has 2 aromatic rings. The molecule has 2 aliphatic rings. The summed E-state index contributed by atoms with van der Waals surface area (Å²) in [5.74, 6) is -0.163. The number of amides is 2. The number of morpholine rings is 1. The van der Waals surface area contributed by atoms with Crippen LogP contribution in [-0.2, 0) is 11.3 Å². The second-order valence-electron chi connectivity index (χ2n) is 7.77. The van der Waals surface area contributed by atoms with E-state index in [1.807, 2.05) is 18.2 Å². The lowest BCUT2D eigenvalue weighted by Crippen LogP contribution is -2.50. The molecule has 2 amide bonds. The highest BCUT2D eigenvalue weighted by atomic mass is 35.5. The Labute approximate surface area is 192 Å². The Morgan fingerprint density at radius 2 is 1.48 bits per heavy atom. The number of hydrogen-bond acceptors (Lipinski definition) is 4. The van der Waals surface area contributed by atoms with E-state index < -0.39 is 0 Å². The van der Waals surface area contributed by atoms with Crippen LogP contribution in [0.2, 0.25) is 10.0 Å². The lowest BCUT2D eigenvalue weighted by molar-refractivity contribution is 0.0341. The van der Waals surface area contributed by atoms with E-state index >= 15 is 0 Å². The van der Waals surface area contributed by atoms with Crippen molar-refractivity contribution in [2.75, 3.05) is 52.5 Å². The molecule has 0 spiro atoms. The van der Waals surface area contributed by atoms with E-state index in [1.54, 1.807) is 28.0 Å². The smallest absolute Gasteiger partial charge is 0.255 e.